The molecule has 15 heavy (non-hydrogen) atoms. The Balaban J connectivity index is 2.15. The van der Waals surface area contributed by atoms with Gasteiger partial charge in [-0.15, -0.1) is 11.8 Å². The van der Waals surface area contributed by atoms with Crippen LogP contribution >= 0.6 is 11.8 Å². The third-order valence-corrected chi connectivity index (χ3v) is 4.77. The van der Waals surface area contributed by atoms with E-state index in [9.17, 15) is 4.21 Å². The van der Waals surface area contributed by atoms with Gasteiger partial charge in [0.1, 0.15) is 0 Å². The van der Waals surface area contributed by atoms with E-state index in [1.165, 1.54) is 6.42 Å². The Hall–Kier alpha value is -0.360. The van der Waals surface area contributed by atoms with E-state index in [0.717, 1.165) is 12.8 Å². The Kier molecular flexibility index (Phi) is 3.16. The van der Waals surface area contributed by atoms with E-state index in [1.54, 1.807) is 18.0 Å². The predicted molar refractivity (Wildman–Crippen MR) is 61.1 cm³/mol. The smallest absolute Gasteiger partial charge is 0.242 e. The maximum atomic E-state index is 11.0. The molecule has 1 aliphatic carbocycles. The number of thioether (sulfide) groups is 1. The first-order valence-electron chi connectivity index (χ1n) is 4.84. The average molecular weight is 246 g/mol. The van der Waals surface area contributed by atoms with Crippen molar-refractivity contribution in [2.45, 2.75) is 29.8 Å². The van der Waals surface area contributed by atoms with Crippen LogP contribution in [0, 0.1) is 0 Å². The van der Waals surface area contributed by atoms with Crippen molar-refractivity contribution in [1.29, 1.82) is 0 Å². The summed E-state index contributed by atoms with van der Waals surface area (Å²) < 4.78 is 16.3. The lowest BCUT2D eigenvalue weighted by molar-refractivity contribution is 0.264. The van der Waals surface area contributed by atoms with Gasteiger partial charge in [-0.1, -0.05) is 5.16 Å². The first-order chi connectivity index (χ1) is 7.16. The van der Waals surface area contributed by atoms with Gasteiger partial charge in [0.25, 0.3) is 0 Å². The lowest BCUT2D eigenvalue weighted by Gasteiger charge is -2.36. The van der Waals surface area contributed by atoms with Crippen LogP contribution in [-0.2, 0) is 21.3 Å². The van der Waals surface area contributed by atoms with Crippen LogP contribution in [0.5, 0.6) is 0 Å². The molecule has 6 heteroatoms. The first-order valence-corrected chi connectivity index (χ1v) is 7.80. The lowest BCUT2D eigenvalue weighted by Crippen LogP contribution is -2.30. The Morgan fingerprint density at radius 2 is 2.33 bits per heavy atom. The molecule has 1 fully saturated rings. The summed E-state index contributed by atoms with van der Waals surface area (Å²) >= 11 is 1.77. The largest absolute Gasteiger partial charge is 0.338 e. The Morgan fingerprint density at radius 1 is 1.60 bits per heavy atom. The van der Waals surface area contributed by atoms with Gasteiger partial charge in [0, 0.05) is 17.1 Å². The minimum absolute atomic E-state index is 0.0421. The van der Waals surface area contributed by atoms with Crippen molar-refractivity contribution in [3.8, 4) is 0 Å². The molecule has 1 saturated carbocycles. The van der Waals surface area contributed by atoms with Gasteiger partial charge in [-0.2, -0.15) is 4.98 Å². The van der Waals surface area contributed by atoms with Crippen molar-refractivity contribution in [2.75, 3.05) is 12.5 Å². The van der Waals surface area contributed by atoms with Crippen LogP contribution in [0.4, 0.5) is 0 Å². The molecule has 0 bridgehead atoms. The van der Waals surface area contributed by atoms with Gasteiger partial charge in [-0.25, -0.2) is 0 Å². The number of hydrogen-bond donors (Lipinski definition) is 0. The molecule has 0 saturated heterocycles. The molecule has 84 valence electrons. The van der Waals surface area contributed by atoms with E-state index in [-0.39, 0.29) is 4.75 Å². The second kappa shape index (κ2) is 4.25. The maximum Gasteiger partial charge on any atom is 0.242 e. The summed E-state index contributed by atoms with van der Waals surface area (Å²) in [6.45, 7) is 0. The molecule has 4 nitrogen and oxygen atoms in total. The summed E-state index contributed by atoms with van der Waals surface area (Å²) in [5.74, 6) is 1.65. The molecule has 0 aliphatic heterocycles. The molecule has 2 rings (SSSR count). The Labute approximate surface area is 95.7 Å². The van der Waals surface area contributed by atoms with Crippen LogP contribution in [0.3, 0.4) is 0 Å². The molecule has 0 aromatic carbocycles. The summed E-state index contributed by atoms with van der Waals surface area (Å²) in [6.07, 6.45) is 7.14. The molecule has 0 amide bonds. The minimum atomic E-state index is -0.908. The van der Waals surface area contributed by atoms with Gasteiger partial charge < -0.3 is 4.52 Å². The van der Waals surface area contributed by atoms with Gasteiger partial charge in [0.2, 0.25) is 5.89 Å². The fourth-order valence-electron chi connectivity index (χ4n) is 1.68. The Bertz CT molecular complexity index is 368. The quantitative estimate of drug-likeness (QED) is 0.809. The Morgan fingerprint density at radius 3 is 2.80 bits per heavy atom. The molecular weight excluding hydrogens is 232 g/mol. The third-order valence-electron chi connectivity index (χ3n) is 2.74. The van der Waals surface area contributed by atoms with Crippen LogP contribution in [0.1, 0.15) is 31.0 Å². The minimum Gasteiger partial charge on any atom is -0.338 e. The molecule has 1 aromatic heterocycles. The van der Waals surface area contributed by atoms with Crippen molar-refractivity contribution in [1.82, 2.24) is 10.1 Å². The summed E-state index contributed by atoms with van der Waals surface area (Å²) in [6, 6.07) is 0. The first kappa shape index (κ1) is 11.1. The lowest BCUT2D eigenvalue weighted by atomic mass is 9.84. The van der Waals surface area contributed by atoms with E-state index in [0.29, 0.717) is 17.5 Å². The van der Waals surface area contributed by atoms with Crippen molar-refractivity contribution >= 4 is 22.6 Å². The third kappa shape index (κ3) is 2.10. The maximum absolute atomic E-state index is 11.0. The summed E-state index contributed by atoms with van der Waals surface area (Å²) in [7, 11) is -0.908. The highest BCUT2D eigenvalue weighted by Crippen LogP contribution is 2.50. The average Bonchev–Trinajstić information content (AvgIpc) is 2.51. The summed E-state index contributed by atoms with van der Waals surface area (Å²) in [5.41, 5.74) is 0. The fourth-order valence-corrected chi connectivity index (χ4v) is 3.12. The van der Waals surface area contributed by atoms with Crippen LogP contribution in [0.15, 0.2) is 4.52 Å². The molecule has 1 atom stereocenters. The van der Waals surface area contributed by atoms with Crippen molar-refractivity contribution in [2.24, 2.45) is 0 Å². The zero-order valence-corrected chi connectivity index (χ0v) is 10.5. The highest BCUT2D eigenvalue weighted by molar-refractivity contribution is 7.99. The number of nitrogens with zero attached hydrogens (tertiary/aromatic N) is 2. The normalized spacial score (nSPS) is 20.9. The van der Waals surface area contributed by atoms with Gasteiger partial charge in [-0.3, -0.25) is 4.21 Å². The SMILES string of the molecule is CSC1(c2nc(CS(C)=O)no2)CCC1. The molecule has 0 radical (unpaired) electrons. The molecule has 1 aliphatic rings. The van der Waals surface area contributed by atoms with Crippen LogP contribution in [0.25, 0.3) is 0 Å². The van der Waals surface area contributed by atoms with E-state index in [1.807, 2.05) is 0 Å². The van der Waals surface area contributed by atoms with Crippen molar-refractivity contribution in [3.63, 3.8) is 0 Å². The molecule has 1 unspecified atom stereocenters. The number of aromatic nitrogens is 2. The van der Waals surface area contributed by atoms with Gasteiger partial charge in [-0.05, 0) is 25.5 Å². The zero-order chi connectivity index (χ0) is 10.9. The van der Waals surface area contributed by atoms with Crippen molar-refractivity contribution in [3.05, 3.63) is 11.7 Å². The van der Waals surface area contributed by atoms with Gasteiger partial charge in [0.15, 0.2) is 5.82 Å². The number of rotatable bonds is 4. The summed E-state index contributed by atoms with van der Waals surface area (Å²) in [5, 5.41) is 3.86. The standard InChI is InChI=1S/C9H14N2O2S2/c1-14-9(4-3-5-9)8-10-7(11-13-8)6-15(2)12/h3-6H2,1-2H3. The molecular formula is C9H14N2O2S2. The van der Waals surface area contributed by atoms with Crippen LogP contribution in [-0.4, -0.2) is 26.9 Å². The van der Waals surface area contributed by atoms with Gasteiger partial charge in [0.05, 0.1) is 10.5 Å². The highest BCUT2D eigenvalue weighted by atomic mass is 32.2. The van der Waals surface area contributed by atoms with Gasteiger partial charge >= 0.3 is 0 Å². The van der Waals surface area contributed by atoms with E-state index < -0.39 is 10.8 Å². The zero-order valence-electron chi connectivity index (χ0n) is 8.86. The second-order valence-electron chi connectivity index (χ2n) is 3.79. The molecule has 0 spiro atoms. The monoisotopic (exact) mass is 246 g/mol. The van der Waals surface area contributed by atoms with E-state index in [2.05, 4.69) is 16.4 Å². The molecule has 0 N–H and O–H groups in total. The van der Waals surface area contributed by atoms with Crippen LogP contribution < -0.4 is 0 Å². The number of hydrogen-bond acceptors (Lipinski definition) is 5. The second-order valence-corrected chi connectivity index (χ2v) is 6.41. The topological polar surface area (TPSA) is 56.0 Å². The van der Waals surface area contributed by atoms with Crippen molar-refractivity contribution < 1.29 is 8.73 Å². The highest BCUT2D eigenvalue weighted by Gasteiger charge is 2.43. The fraction of sp³-hybridized carbons (Fsp3) is 0.778. The summed E-state index contributed by atoms with van der Waals surface area (Å²) in [4.78, 5) is 4.32. The molecule has 1 aromatic rings. The van der Waals surface area contributed by atoms with Crippen LogP contribution in [0.2, 0.25) is 0 Å². The van der Waals surface area contributed by atoms with E-state index >= 15 is 0 Å². The van der Waals surface area contributed by atoms with E-state index in [4.69, 9.17) is 4.52 Å². The molecule has 1 heterocycles. The predicted octanol–water partition coefficient (Wildman–Crippen LogP) is 1.69.